The van der Waals surface area contributed by atoms with Crippen molar-refractivity contribution in [2.45, 2.75) is 24.2 Å². The Labute approximate surface area is 184 Å². The molecular formula is C22H18Cl2N2O3S. The van der Waals surface area contributed by atoms with E-state index in [2.05, 4.69) is 4.98 Å². The van der Waals surface area contributed by atoms with Crippen LogP contribution in [-0.4, -0.2) is 18.7 Å². The van der Waals surface area contributed by atoms with Gasteiger partial charge >= 0.3 is 0 Å². The SMILES string of the molecule is CC(C)S(=O)(=O)c1oc2nc(-c3ccccc3Cl)c(-c3ccc(Cl)cc3)cc2c1N. The van der Waals surface area contributed by atoms with E-state index in [1.54, 1.807) is 38.1 Å². The molecule has 0 radical (unpaired) electrons. The molecule has 4 aromatic rings. The standard InChI is InChI=1S/C22H18Cl2N2O3S/c1-12(2)30(27,28)22-19(25)17-11-16(13-7-9-14(23)10-8-13)20(26-21(17)29-22)15-5-3-4-6-18(15)24/h3-12H,25H2,1-2H3. The molecule has 0 unspecified atom stereocenters. The predicted molar refractivity (Wildman–Crippen MR) is 122 cm³/mol. The van der Waals surface area contributed by atoms with Crippen LogP contribution in [-0.2, 0) is 9.84 Å². The van der Waals surface area contributed by atoms with Crippen LogP contribution in [0.15, 0.2) is 64.1 Å². The largest absolute Gasteiger partial charge is 0.424 e. The van der Waals surface area contributed by atoms with Gasteiger partial charge in [0.05, 0.1) is 22.0 Å². The van der Waals surface area contributed by atoms with Crippen LogP contribution in [0.4, 0.5) is 5.69 Å². The van der Waals surface area contributed by atoms with Gasteiger partial charge in [-0.25, -0.2) is 13.4 Å². The normalized spacial score (nSPS) is 12.0. The van der Waals surface area contributed by atoms with Crippen molar-refractivity contribution in [3.63, 3.8) is 0 Å². The van der Waals surface area contributed by atoms with E-state index in [4.69, 9.17) is 33.4 Å². The van der Waals surface area contributed by atoms with Crippen molar-refractivity contribution in [2.75, 3.05) is 5.73 Å². The molecule has 5 nitrogen and oxygen atoms in total. The monoisotopic (exact) mass is 460 g/mol. The van der Waals surface area contributed by atoms with E-state index in [0.717, 1.165) is 11.1 Å². The Kier molecular flexibility index (Phi) is 5.26. The summed E-state index contributed by atoms with van der Waals surface area (Å²) in [5.74, 6) is 0. The Morgan fingerprint density at radius 2 is 1.67 bits per heavy atom. The summed E-state index contributed by atoms with van der Waals surface area (Å²) >= 11 is 12.5. The fourth-order valence-corrected chi connectivity index (χ4v) is 4.54. The Bertz CT molecular complexity index is 1360. The fourth-order valence-electron chi connectivity index (χ4n) is 3.15. The Morgan fingerprint density at radius 1 is 1.00 bits per heavy atom. The minimum Gasteiger partial charge on any atom is -0.424 e. The first-order valence-corrected chi connectivity index (χ1v) is 11.5. The average Bonchev–Trinajstić information content (AvgIpc) is 3.04. The van der Waals surface area contributed by atoms with Gasteiger partial charge in [0, 0.05) is 21.2 Å². The van der Waals surface area contributed by atoms with E-state index in [1.165, 1.54) is 0 Å². The van der Waals surface area contributed by atoms with E-state index >= 15 is 0 Å². The van der Waals surface area contributed by atoms with Crippen molar-refractivity contribution in [1.29, 1.82) is 0 Å². The van der Waals surface area contributed by atoms with Crippen molar-refractivity contribution < 1.29 is 12.8 Å². The maximum Gasteiger partial charge on any atom is 0.244 e. The second-order valence-corrected chi connectivity index (χ2v) is 10.4. The predicted octanol–water partition coefficient (Wildman–Crippen LogP) is 6.23. The minimum atomic E-state index is -3.71. The van der Waals surface area contributed by atoms with E-state index < -0.39 is 15.1 Å². The number of pyridine rings is 1. The van der Waals surface area contributed by atoms with E-state index in [0.29, 0.717) is 26.7 Å². The molecule has 8 heteroatoms. The Balaban J connectivity index is 2.07. The second kappa shape index (κ2) is 7.61. The number of nitrogens with zero attached hydrogens (tertiary/aromatic N) is 1. The summed E-state index contributed by atoms with van der Waals surface area (Å²) in [6, 6.07) is 16.3. The van der Waals surface area contributed by atoms with Crippen LogP contribution in [0.25, 0.3) is 33.5 Å². The van der Waals surface area contributed by atoms with Gasteiger partial charge < -0.3 is 10.2 Å². The zero-order valence-electron chi connectivity index (χ0n) is 16.2. The quantitative estimate of drug-likeness (QED) is 0.389. The summed E-state index contributed by atoms with van der Waals surface area (Å²) in [6.07, 6.45) is 0. The van der Waals surface area contributed by atoms with Crippen LogP contribution >= 0.6 is 23.2 Å². The van der Waals surface area contributed by atoms with Gasteiger partial charge in [-0.2, -0.15) is 0 Å². The molecule has 0 aliphatic rings. The molecule has 0 aliphatic heterocycles. The number of benzene rings is 2. The molecule has 30 heavy (non-hydrogen) atoms. The highest BCUT2D eigenvalue weighted by Gasteiger charge is 2.29. The first-order valence-electron chi connectivity index (χ1n) is 9.18. The third kappa shape index (κ3) is 3.45. The molecule has 0 fully saturated rings. The van der Waals surface area contributed by atoms with Crippen LogP contribution in [0, 0.1) is 0 Å². The van der Waals surface area contributed by atoms with Crippen LogP contribution in [0.1, 0.15) is 13.8 Å². The number of nitrogens with two attached hydrogens (primary N) is 1. The molecule has 2 heterocycles. The van der Waals surface area contributed by atoms with E-state index in [9.17, 15) is 8.42 Å². The number of hydrogen-bond acceptors (Lipinski definition) is 5. The summed E-state index contributed by atoms with van der Waals surface area (Å²) in [5, 5.41) is 0.585. The molecule has 0 atom stereocenters. The number of sulfone groups is 1. The zero-order chi connectivity index (χ0) is 21.6. The van der Waals surface area contributed by atoms with Gasteiger partial charge in [0.2, 0.25) is 20.6 Å². The lowest BCUT2D eigenvalue weighted by Crippen LogP contribution is -2.14. The molecule has 0 amide bonds. The number of anilines is 1. The van der Waals surface area contributed by atoms with Crippen LogP contribution in [0.2, 0.25) is 10.0 Å². The van der Waals surface area contributed by atoms with Gasteiger partial charge in [-0.3, -0.25) is 0 Å². The third-order valence-electron chi connectivity index (χ3n) is 4.85. The van der Waals surface area contributed by atoms with Crippen molar-refractivity contribution in [3.8, 4) is 22.4 Å². The number of furan rings is 1. The lowest BCUT2D eigenvalue weighted by Gasteiger charge is -2.11. The molecule has 154 valence electrons. The summed E-state index contributed by atoms with van der Waals surface area (Å²) in [6.45, 7) is 3.15. The van der Waals surface area contributed by atoms with Crippen LogP contribution in [0.3, 0.4) is 0 Å². The number of nitrogen functional groups attached to an aromatic ring is 1. The van der Waals surface area contributed by atoms with Crippen molar-refractivity contribution >= 4 is 49.8 Å². The Morgan fingerprint density at radius 3 is 2.30 bits per heavy atom. The van der Waals surface area contributed by atoms with E-state index in [1.807, 2.05) is 30.3 Å². The molecule has 2 aromatic carbocycles. The zero-order valence-corrected chi connectivity index (χ0v) is 18.5. The number of halogens is 2. The summed E-state index contributed by atoms with van der Waals surface area (Å²) in [7, 11) is -3.71. The smallest absolute Gasteiger partial charge is 0.244 e. The third-order valence-corrected chi connectivity index (χ3v) is 7.49. The van der Waals surface area contributed by atoms with Crippen molar-refractivity contribution in [2.24, 2.45) is 0 Å². The van der Waals surface area contributed by atoms with Crippen molar-refractivity contribution in [1.82, 2.24) is 4.98 Å². The first kappa shape index (κ1) is 20.7. The van der Waals surface area contributed by atoms with Gasteiger partial charge in [0.15, 0.2) is 0 Å². The highest BCUT2D eigenvalue weighted by atomic mass is 35.5. The second-order valence-electron chi connectivity index (χ2n) is 7.12. The maximum absolute atomic E-state index is 12.7. The van der Waals surface area contributed by atoms with Crippen LogP contribution in [0.5, 0.6) is 0 Å². The molecule has 0 saturated heterocycles. The molecule has 0 bridgehead atoms. The number of hydrogen-bond donors (Lipinski definition) is 1. The molecule has 0 spiro atoms. The van der Waals surface area contributed by atoms with Gasteiger partial charge in [-0.05, 0) is 43.7 Å². The van der Waals surface area contributed by atoms with Crippen LogP contribution < -0.4 is 5.73 Å². The van der Waals surface area contributed by atoms with Gasteiger partial charge in [0.1, 0.15) is 0 Å². The average molecular weight is 461 g/mol. The van der Waals surface area contributed by atoms with Gasteiger partial charge in [-0.15, -0.1) is 0 Å². The molecule has 4 rings (SSSR count). The molecule has 0 saturated carbocycles. The topological polar surface area (TPSA) is 86.2 Å². The molecular weight excluding hydrogens is 443 g/mol. The summed E-state index contributed by atoms with van der Waals surface area (Å²) < 4.78 is 31.0. The molecule has 2 N–H and O–H groups in total. The van der Waals surface area contributed by atoms with Gasteiger partial charge in [-0.1, -0.05) is 53.5 Å². The van der Waals surface area contributed by atoms with Crippen molar-refractivity contribution in [3.05, 3.63) is 64.6 Å². The first-order chi connectivity index (χ1) is 14.2. The lowest BCUT2D eigenvalue weighted by molar-refractivity contribution is 0.475. The lowest BCUT2D eigenvalue weighted by atomic mass is 9.98. The summed E-state index contributed by atoms with van der Waals surface area (Å²) in [4.78, 5) is 4.63. The van der Waals surface area contributed by atoms with E-state index in [-0.39, 0.29) is 16.5 Å². The molecule has 0 aliphatic carbocycles. The Hall–Kier alpha value is -2.54. The number of fused-ring (bicyclic) bond motifs is 1. The number of aromatic nitrogens is 1. The minimum absolute atomic E-state index is 0.0483. The fraction of sp³-hybridized carbons (Fsp3) is 0.136. The highest BCUT2D eigenvalue weighted by Crippen LogP contribution is 2.41. The maximum atomic E-state index is 12.7. The number of rotatable bonds is 4. The summed E-state index contributed by atoms with van der Waals surface area (Å²) in [5.41, 5.74) is 9.18. The van der Waals surface area contributed by atoms with Gasteiger partial charge in [0.25, 0.3) is 0 Å². The molecule has 2 aromatic heterocycles. The highest BCUT2D eigenvalue weighted by molar-refractivity contribution is 7.92.